The molecule has 0 N–H and O–H groups in total. The molecular weight excluding hydrogens is 236 g/mol. The molecule has 1 aromatic rings. The van der Waals surface area contributed by atoms with Gasteiger partial charge in [-0.3, -0.25) is 4.79 Å². The van der Waals surface area contributed by atoms with Crippen molar-refractivity contribution in [2.45, 2.75) is 19.3 Å². The number of hydrogen-bond donors (Lipinski definition) is 0. The molecule has 0 amide bonds. The number of carbonyl (C=O) groups excluding carboxylic acids is 1. The first-order valence-corrected chi connectivity index (χ1v) is 5.68. The van der Waals surface area contributed by atoms with E-state index in [9.17, 15) is 4.79 Å². The highest BCUT2D eigenvalue weighted by atomic mass is 79.9. The van der Waals surface area contributed by atoms with E-state index in [-0.39, 0.29) is 0 Å². The van der Waals surface area contributed by atoms with Crippen molar-refractivity contribution in [2.75, 3.05) is 0 Å². The van der Waals surface area contributed by atoms with Gasteiger partial charge in [0.25, 0.3) is 0 Å². The van der Waals surface area contributed by atoms with Crippen molar-refractivity contribution in [1.29, 1.82) is 0 Å². The molecule has 3 heteroatoms. The number of thiophene rings is 1. The van der Waals surface area contributed by atoms with Crippen LogP contribution in [0.4, 0.5) is 0 Å². The Balaban J connectivity index is 2.13. The second-order valence-electron chi connectivity index (χ2n) is 3.10. The molecule has 1 fully saturated rings. The third-order valence-corrected chi connectivity index (χ3v) is 3.93. The fourth-order valence-electron chi connectivity index (χ4n) is 1.32. The molecule has 1 nitrogen and oxygen atoms in total. The fraction of sp³-hybridized carbons (Fsp3) is 0.444. The molecule has 0 radical (unpaired) electrons. The molecule has 0 saturated heterocycles. The van der Waals surface area contributed by atoms with Gasteiger partial charge < -0.3 is 0 Å². The number of rotatable bonds is 2. The van der Waals surface area contributed by atoms with Crippen molar-refractivity contribution in [2.24, 2.45) is 5.92 Å². The highest BCUT2D eigenvalue weighted by molar-refractivity contribution is 9.11. The van der Waals surface area contributed by atoms with Crippen LogP contribution in [0.15, 0.2) is 15.9 Å². The molecule has 1 aliphatic carbocycles. The normalized spacial score (nSPS) is 17.4. The summed E-state index contributed by atoms with van der Waals surface area (Å²) in [6.45, 7) is 0. The molecule has 64 valence electrons. The highest BCUT2D eigenvalue weighted by Gasteiger charge is 2.26. The van der Waals surface area contributed by atoms with Crippen molar-refractivity contribution < 1.29 is 4.79 Å². The van der Waals surface area contributed by atoms with E-state index >= 15 is 0 Å². The molecule has 12 heavy (non-hydrogen) atoms. The summed E-state index contributed by atoms with van der Waals surface area (Å²) >= 11 is 4.90. The van der Waals surface area contributed by atoms with E-state index in [2.05, 4.69) is 15.9 Å². The van der Waals surface area contributed by atoms with Gasteiger partial charge >= 0.3 is 0 Å². The van der Waals surface area contributed by atoms with Crippen LogP contribution in [0, 0.1) is 5.92 Å². The summed E-state index contributed by atoms with van der Waals surface area (Å²) in [4.78, 5) is 12.5. The zero-order valence-electron chi connectivity index (χ0n) is 6.55. The summed E-state index contributed by atoms with van der Waals surface area (Å²) in [6.07, 6.45) is 3.41. The molecule has 0 aromatic carbocycles. The lowest BCUT2D eigenvalue weighted by atomic mass is 9.82. The zero-order valence-corrected chi connectivity index (χ0v) is 8.95. The SMILES string of the molecule is O=C(c1ccc(Br)s1)C1CCC1. The van der Waals surface area contributed by atoms with E-state index in [1.54, 1.807) is 11.3 Å². The Bertz CT molecular complexity index is 301. The van der Waals surface area contributed by atoms with E-state index in [1.807, 2.05) is 12.1 Å². The van der Waals surface area contributed by atoms with Gasteiger partial charge in [0.05, 0.1) is 8.66 Å². The number of hydrogen-bond acceptors (Lipinski definition) is 2. The minimum atomic E-state index is 0.329. The summed E-state index contributed by atoms with van der Waals surface area (Å²) in [5.41, 5.74) is 0. The van der Waals surface area contributed by atoms with Gasteiger partial charge in [0.2, 0.25) is 0 Å². The second kappa shape index (κ2) is 3.30. The monoisotopic (exact) mass is 244 g/mol. The number of Topliss-reactive ketones (excluding diaryl/α,β-unsaturated/α-hetero) is 1. The van der Waals surface area contributed by atoms with Crippen LogP contribution in [0.3, 0.4) is 0 Å². The maximum Gasteiger partial charge on any atom is 0.175 e. The van der Waals surface area contributed by atoms with E-state index in [0.717, 1.165) is 21.5 Å². The van der Waals surface area contributed by atoms with E-state index in [1.165, 1.54) is 6.42 Å². The van der Waals surface area contributed by atoms with Gasteiger partial charge in [-0.2, -0.15) is 0 Å². The summed E-state index contributed by atoms with van der Waals surface area (Å²) in [5, 5.41) is 0. The molecule has 1 heterocycles. The van der Waals surface area contributed by atoms with Gasteiger partial charge in [0, 0.05) is 5.92 Å². The van der Waals surface area contributed by atoms with Crippen molar-refractivity contribution in [3.05, 3.63) is 20.8 Å². The number of carbonyl (C=O) groups is 1. The third-order valence-electron chi connectivity index (χ3n) is 2.29. The molecule has 1 saturated carbocycles. The van der Waals surface area contributed by atoms with Crippen LogP contribution < -0.4 is 0 Å². The van der Waals surface area contributed by atoms with Gasteiger partial charge in [-0.25, -0.2) is 0 Å². The van der Waals surface area contributed by atoms with Gasteiger partial charge in [-0.1, -0.05) is 6.42 Å². The molecule has 2 rings (SSSR count). The van der Waals surface area contributed by atoms with Crippen molar-refractivity contribution in [1.82, 2.24) is 0 Å². The average molecular weight is 245 g/mol. The Morgan fingerprint density at radius 1 is 1.50 bits per heavy atom. The van der Waals surface area contributed by atoms with E-state index < -0.39 is 0 Å². The highest BCUT2D eigenvalue weighted by Crippen LogP contribution is 2.32. The van der Waals surface area contributed by atoms with Crippen molar-refractivity contribution >= 4 is 33.0 Å². The smallest absolute Gasteiger partial charge is 0.175 e. The van der Waals surface area contributed by atoms with Crippen LogP contribution in [-0.4, -0.2) is 5.78 Å². The minimum absolute atomic E-state index is 0.329. The maximum atomic E-state index is 11.6. The maximum absolute atomic E-state index is 11.6. The number of ketones is 1. The van der Waals surface area contributed by atoms with Gasteiger partial charge in [0.1, 0.15) is 0 Å². The molecule has 1 aliphatic rings. The molecular formula is C9H9BrOS. The summed E-state index contributed by atoms with van der Waals surface area (Å²) in [7, 11) is 0. The standard InChI is InChI=1S/C9H9BrOS/c10-8-5-4-7(12-8)9(11)6-2-1-3-6/h4-6H,1-3H2. The Morgan fingerprint density at radius 3 is 2.67 bits per heavy atom. The molecule has 0 bridgehead atoms. The van der Waals surface area contributed by atoms with Gasteiger partial charge in [0.15, 0.2) is 5.78 Å². The minimum Gasteiger partial charge on any atom is -0.293 e. The Labute approximate surface area is 83.9 Å². The lowest BCUT2D eigenvalue weighted by molar-refractivity contribution is 0.0859. The van der Waals surface area contributed by atoms with Crippen molar-refractivity contribution in [3.8, 4) is 0 Å². The quantitative estimate of drug-likeness (QED) is 0.729. The van der Waals surface area contributed by atoms with Crippen LogP contribution in [-0.2, 0) is 0 Å². The lowest BCUT2D eigenvalue weighted by Crippen LogP contribution is -2.20. The van der Waals surface area contributed by atoms with Crippen molar-refractivity contribution in [3.63, 3.8) is 0 Å². The lowest BCUT2D eigenvalue weighted by Gasteiger charge is -2.22. The zero-order chi connectivity index (χ0) is 8.55. The van der Waals surface area contributed by atoms with Crippen LogP contribution in [0.5, 0.6) is 0 Å². The molecule has 0 unspecified atom stereocenters. The van der Waals surface area contributed by atoms with E-state index in [4.69, 9.17) is 0 Å². The molecule has 1 aromatic heterocycles. The largest absolute Gasteiger partial charge is 0.293 e. The molecule has 0 aliphatic heterocycles. The topological polar surface area (TPSA) is 17.1 Å². The van der Waals surface area contributed by atoms with E-state index in [0.29, 0.717) is 11.7 Å². The van der Waals surface area contributed by atoms with Gasteiger partial charge in [-0.05, 0) is 40.9 Å². The van der Waals surface area contributed by atoms with Crippen LogP contribution >= 0.6 is 27.3 Å². The Morgan fingerprint density at radius 2 is 2.25 bits per heavy atom. The first kappa shape index (κ1) is 8.45. The Kier molecular flexibility index (Phi) is 2.33. The molecule has 0 atom stereocenters. The predicted molar refractivity (Wildman–Crippen MR) is 53.7 cm³/mol. The fourth-order valence-corrected chi connectivity index (χ4v) is 2.72. The first-order valence-electron chi connectivity index (χ1n) is 4.07. The summed E-state index contributed by atoms with van der Waals surface area (Å²) in [6, 6.07) is 3.85. The van der Waals surface area contributed by atoms with Gasteiger partial charge in [-0.15, -0.1) is 11.3 Å². The second-order valence-corrected chi connectivity index (χ2v) is 5.56. The van der Waals surface area contributed by atoms with Crippen LogP contribution in [0.25, 0.3) is 0 Å². The summed E-state index contributed by atoms with van der Waals surface area (Å²) < 4.78 is 1.05. The number of halogens is 1. The first-order chi connectivity index (χ1) is 5.77. The Hall–Kier alpha value is -0.150. The van der Waals surface area contributed by atoms with Crippen LogP contribution in [0.1, 0.15) is 28.9 Å². The van der Waals surface area contributed by atoms with Crippen LogP contribution in [0.2, 0.25) is 0 Å². The average Bonchev–Trinajstić information content (AvgIpc) is 2.31. The third kappa shape index (κ3) is 1.48. The predicted octanol–water partition coefficient (Wildman–Crippen LogP) is 3.49. The summed E-state index contributed by atoms with van der Waals surface area (Å²) in [5.74, 6) is 0.674. The molecule has 0 spiro atoms.